The number of hydrogen-bond donors (Lipinski definition) is 1. The average Bonchev–Trinajstić information content (AvgIpc) is 2.13. The quantitative estimate of drug-likeness (QED) is 0.845. The van der Waals surface area contributed by atoms with Crippen molar-refractivity contribution in [3.63, 3.8) is 0 Å². The second kappa shape index (κ2) is 5.03. The number of nitrogens with one attached hydrogen (secondary N) is 1. The molecule has 0 saturated carbocycles. The molecule has 0 amide bonds. The van der Waals surface area contributed by atoms with Gasteiger partial charge in [0.25, 0.3) is 0 Å². The summed E-state index contributed by atoms with van der Waals surface area (Å²) in [7, 11) is 0. The number of anilines is 1. The van der Waals surface area contributed by atoms with Crippen LogP contribution in [0.2, 0.25) is 0 Å². The number of alkyl halides is 6. The van der Waals surface area contributed by atoms with Gasteiger partial charge in [-0.25, -0.2) is 4.98 Å². The van der Waals surface area contributed by atoms with Gasteiger partial charge in [-0.05, 0) is 19.1 Å². The normalized spacial score (nSPS) is 14.4. The Morgan fingerprint density at radius 1 is 1.22 bits per heavy atom. The van der Waals surface area contributed by atoms with Gasteiger partial charge in [0.15, 0.2) is 0 Å². The zero-order valence-electron chi connectivity index (χ0n) is 9.23. The fraction of sp³-hybridized carbons (Fsp3) is 0.500. The molecule has 0 saturated heterocycles. The third-order valence-electron chi connectivity index (χ3n) is 2.03. The first-order valence-electron chi connectivity index (χ1n) is 4.95. The maximum absolute atomic E-state index is 12.5. The Morgan fingerprint density at radius 2 is 1.83 bits per heavy atom. The Bertz CT molecular complexity index is 398. The van der Waals surface area contributed by atoms with E-state index in [0.29, 0.717) is 0 Å². The van der Waals surface area contributed by atoms with Crippen molar-refractivity contribution in [3.05, 3.63) is 23.9 Å². The number of pyridine rings is 1. The lowest BCUT2D eigenvalue weighted by atomic mass is 10.2. The molecule has 1 N–H and O–H groups in total. The highest BCUT2D eigenvalue weighted by atomic mass is 19.4. The van der Waals surface area contributed by atoms with Crippen molar-refractivity contribution in [1.29, 1.82) is 0 Å². The van der Waals surface area contributed by atoms with Crippen LogP contribution in [0.5, 0.6) is 0 Å². The van der Waals surface area contributed by atoms with Gasteiger partial charge in [-0.3, -0.25) is 0 Å². The van der Waals surface area contributed by atoms with Crippen molar-refractivity contribution in [1.82, 2.24) is 4.98 Å². The van der Waals surface area contributed by atoms with E-state index in [0.717, 1.165) is 25.3 Å². The number of halogens is 6. The van der Waals surface area contributed by atoms with E-state index in [4.69, 9.17) is 0 Å². The predicted molar refractivity (Wildman–Crippen MR) is 53.0 cm³/mol. The zero-order chi connectivity index (χ0) is 14.0. The first kappa shape index (κ1) is 14.6. The van der Waals surface area contributed by atoms with E-state index < -0.39 is 36.2 Å². The summed E-state index contributed by atoms with van der Waals surface area (Å²) in [5.74, 6) is -0.596. The van der Waals surface area contributed by atoms with E-state index in [9.17, 15) is 26.3 Å². The van der Waals surface area contributed by atoms with E-state index in [2.05, 4.69) is 10.3 Å². The van der Waals surface area contributed by atoms with Crippen LogP contribution in [0.3, 0.4) is 0 Å². The van der Waals surface area contributed by atoms with Crippen LogP contribution in [0.25, 0.3) is 0 Å². The molecule has 1 aromatic rings. The Hall–Kier alpha value is -1.47. The van der Waals surface area contributed by atoms with Crippen molar-refractivity contribution < 1.29 is 26.3 Å². The van der Waals surface area contributed by atoms with Crippen LogP contribution in [0.4, 0.5) is 32.2 Å². The molecule has 2 nitrogen and oxygen atoms in total. The molecule has 0 aliphatic rings. The van der Waals surface area contributed by atoms with Crippen LogP contribution in [0.1, 0.15) is 18.9 Å². The van der Waals surface area contributed by atoms with Gasteiger partial charge in [-0.1, -0.05) is 0 Å². The van der Waals surface area contributed by atoms with Crippen molar-refractivity contribution in [3.8, 4) is 0 Å². The van der Waals surface area contributed by atoms with Gasteiger partial charge in [0.05, 0.1) is 12.0 Å². The standard InChI is InChI=1S/C10H10F6N2/c1-6(5-9(11,12)13)18-8-7(10(14,15)16)3-2-4-17-8/h2-4,6H,5H2,1H3,(H,17,18). The van der Waals surface area contributed by atoms with Crippen molar-refractivity contribution in [2.75, 3.05) is 5.32 Å². The van der Waals surface area contributed by atoms with Crippen LogP contribution < -0.4 is 5.32 Å². The minimum atomic E-state index is -4.66. The molecule has 0 aliphatic heterocycles. The highest BCUT2D eigenvalue weighted by Crippen LogP contribution is 2.34. The molecule has 1 aromatic heterocycles. The van der Waals surface area contributed by atoms with Gasteiger partial charge in [-0.2, -0.15) is 26.3 Å². The largest absolute Gasteiger partial charge is 0.419 e. The molecule has 0 radical (unpaired) electrons. The molecule has 8 heteroatoms. The van der Waals surface area contributed by atoms with Gasteiger partial charge >= 0.3 is 12.4 Å². The third-order valence-corrected chi connectivity index (χ3v) is 2.03. The Balaban J connectivity index is 2.85. The maximum atomic E-state index is 12.5. The number of rotatable bonds is 3. The molecule has 102 valence electrons. The van der Waals surface area contributed by atoms with Crippen LogP contribution in [-0.4, -0.2) is 17.2 Å². The lowest BCUT2D eigenvalue weighted by Crippen LogP contribution is -2.25. The lowest BCUT2D eigenvalue weighted by Gasteiger charge is -2.19. The predicted octanol–water partition coefficient (Wildman–Crippen LogP) is 3.85. The summed E-state index contributed by atoms with van der Waals surface area (Å²) in [5, 5.41) is 2.12. The lowest BCUT2D eigenvalue weighted by molar-refractivity contribution is -0.137. The molecule has 0 aliphatic carbocycles. The summed E-state index contributed by atoms with van der Waals surface area (Å²) in [6, 6.07) is 0.638. The van der Waals surface area contributed by atoms with Crippen molar-refractivity contribution in [2.24, 2.45) is 0 Å². The van der Waals surface area contributed by atoms with Crippen LogP contribution in [-0.2, 0) is 6.18 Å². The molecule has 1 rings (SSSR count). The molecule has 1 atom stereocenters. The fourth-order valence-electron chi connectivity index (χ4n) is 1.38. The smallest absolute Gasteiger partial charge is 0.367 e. The molecule has 0 fully saturated rings. The average molecular weight is 272 g/mol. The summed E-state index contributed by atoms with van der Waals surface area (Å²) in [6.45, 7) is 1.14. The Morgan fingerprint density at radius 3 is 2.33 bits per heavy atom. The molecule has 1 heterocycles. The zero-order valence-corrected chi connectivity index (χ0v) is 9.23. The summed E-state index contributed by atoms with van der Waals surface area (Å²) in [4.78, 5) is 3.42. The monoisotopic (exact) mass is 272 g/mol. The minimum Gasteiger partial charge on any atom is -0.367 e. The third kappa shape index (κ3) is 4.42. The van der Waals surface area contributed by atoms with Gasteiger partial charge in [0.2, 0.25) is 0 Å². The van der Waals surface area contributed by atoms with Crippen LogP contribution in [0, 0.1) is 0 Å². The number of hydrogen-bond acceptors (Lipinski definition) is 2. The first-order chi connectivity index (χ1) is 8.09. The van der Waals surface area contributed by atoms with Crippen LogP contribution >= 0.6 is 0 Å². The van der Waals surface area contributed by atoms with E-state index >= 15 is 0 Å². The molecular formula is C10H10F6N2. The fourth-order valence-corrected chi connectivity index (χ4v) is 1.38. The van der Waals surface area contributed by atoms with E-state index in [-0.39, 0.29) is 0 Å². The molecule has 18 heavy (non-hydrogen) atoms. The summed E-state index contributed by atoms with van der Waals surface area (Å²) < 4.78 is 73.8. The second-order valence-electron chi connectivity index (χ2n) is 3.76. The number of nitrogens with zero attached hydrogens (tertiary/aromatic N) is 1. The molecule has 0 aromatic carbocycles. The topological polar surface area (TPSA) is 24.9 Å². The minimum absolute atomic E-state index is 0.596. The maximum Gasteiger partial charge on any atom is 0.419 e. The Kier molecular flexibility index (Phi) is 4.08. The van der Waals surface area contributed by atoms with E-state index in [1.165, 1.54) is 0 Å². The molecule has 0 bridgehead atoms. The highest BCUT2D eigenvalue weighted by molar-refractivity contribution is 5.46. The van der Waals surface area contributed by atoms with E-state index in [1.807, 2.05) is 0 Å². The number of aromatic nitrogens is 1. The van der Waals surface area contributed by atoms with Crippen LogP contribution in [0.15, 0.2) is 18.3 Å². The molecule has 0 spiro atoms. The molecule has 1 unspecified atom stereocenters. The first-order valence-corrected chi connectivity index (χ1v) is 4.95. The summed E-state index contributed by atoms with van der Waals surface area (Å²) in [6.07, 6.45) is -9.26. The molecular weight excluding hydrogens is 262 g/mol. The van der Waals surface area contributed by atoms with Crippen molar-refractivity contribution >= 4 is 5.82 Å². The highest BCUT2D eigenvalue weighted by Gasteiger charge is 2.35. The summed E-state index contributed by atoms with van der Waals surface area (Å²) in [5.41, 5.74) is -1.08. The second-order valence-corrected chi connectivity index (χ2v) is 3.76. The summed E-state index contributed by atoms with van der Waals surface area (Å²) >= 11 is 0. The SMILES string of the molecule is CC(CC(F)(F)F)Nc1ncccc1C(F)(F)F. The van der Waals surface area contributed by atoms with Gasteiger partial charge in [0, 0.05) is 12.2 Å². The van der Waals surface area contributed by atoms with Gasteiger partial charge < -0.3 is 5.32 Å². The Labute approximate surface area is 99.0 Å². The van der Waals surface area contributed by atoms with E-state index in [1.54, 1.807) is 0 Å². The van der Waals surface area contributed by atoms with Crippen molar-refractivity contribution in [2.45, 2.75) is 31.7 Å². The van der Waals surface area contributed by atoms with Gasteiger partial charge in [-0.15, -0.1) is 0 Å². The van der Waals surface area contributed by atoms with Gasteiger partial charge in [0.1, 0.15) is 5.82 Å².